The van der Waals surface area contributed by atoms with Gasteiger partial charge in [-0.05, 0) is 54.7 Å². The number of aryl methyl sites for hydroxylation is 2. The molecule has 4 aromatic rings. The van der Waals surface area contributed by atoms with Crippen molar-refractivity contribution in [3.63, 3.8) is 0 Å². The number of carbonyl (C=O) groups is 2. The first-order valence-electron chi connectivity index (χ1n) is 12.7. The largest absolute Gasteiger partial charge is 0.484 e. The third-order valence-corrected chi connectivity index (χ3v) is 6.83. The van der Waals surface area contributed by atoms with Gasteiger partial charge in [0.2, 0.25) is 11.8 Å². The van der Waals surface area contributed by atoms with E-state index < -0.39 is 0 Å². The van der Waals surface area contributed by atoms with Crippen molar-refractivity contribution in [3.8, 4) is 5.75 Å². The van der Waals surface area contributed by atoms with Crippen LogP contribution < -0.4 is 10.1 Å². The summed E-state index contributed by atoms with van der Waals surface area (Å²) in [6, 6.07) is 22.1. The lowest BCUT2D eigenvalue weighted by Gasteiger charge is -2.37. The summed E-state index contributed by atoms with van der Waals surface area (Å²) < 4.78 is 11.5. The van der Waals surface area contributed by atoms with Gasteiger partial charge in [0.1, 0.15) is 12.0 Å². The Bertz CT molecular complexity index is 1460. The van der Waals surface area contributed by atoms with E-state index in [4.69, 9.17) is 9.15 Å². The van der Waals surface area contributed by atoms with Crippen molar-refractivity contribution in [3.05, 3.63) is 118 Å². The second-order valence-electron chi connectivity index (χ2n) is 9.72. The molecule has 1 aliphatic heterocycles. The number of nitrogens with one attached hydrogen (secondary N) is 1. The molecule has 1 N–H and O–H groups in total. The maximum atomic E-state index is 12.5. The second-order valence-corrected chi connectivity index (χ2v) is 9.72. The summed E-state index contributed by atoms with van der Waals surface area (Å²) in [5.74, 6) is 0.694. The molecule has 0 fully saturated rings. The van der Waals surface area contributed by atoms with Crippen molar-refractivity contribution in [1.82, 2.24) is 15.2 Å². The molecule has 5 rings (SSSR count). The normalized spacial score (nSPS) is 14.6. The van der Waals surface area contributed by atoms with Crippen molar-refractivity contribution in [2.75, 3.05) is 6.54 Å². The molecule has 1 aliphatic rings. The van der Waals surface area contributed by atoms with Crippen molar-refractivity contribution < 1.29 is 18.7 Å². The van der Waals surface area contributed by atoms with Gasteiger partial charge in [-0.3, -0.25) is 9.59 Å². The minimum Gasteiger partial charge on any atom is -0.484 e. The maximum absolute atomic E-state index is 12.5. The molecule has 7 nitrogen and oxygen atoms in total. The Kier molecular flexibility index (Phi) is 7.26. The Hall–Kier alpha value is -4.39. The topological polar surface area (TPSA) is 84.7 Å². The monoisotopic (exact) mass is 509 g/mol. The quantitative estimate of drug-likeness (QED) is 0.366. The molecule has 38 heavy (non-hydrogen) atoms. The molecule has 2 heterocycles. The predicted molar refractivity (Wildman–Crippen MR) is 144 cm³/mol. The summed E-state index contributed by atoms with van der Waals surface area (Å²) in [7, 11) is 0. The van der Waals surface area contributed by atoms with Crippen LogP contribution in [0.1, 0.15) is 62.7 Å². The zero-order valence-corrected chi connectivity index (χ0v) is 21.9. The van der Waals surface area contributed by atoms with Gasteiger partial charge in [-0.1, -0.05) is 65.7 Å². The van der Waals surface area contributed by atoms with Gasteiger partial charge >= 0.3 is 0 Å². The van der Waals surface area contributed by atoms with E-state index in [0.717, 1.165) is 28.7 Å². The summed E-state index contributed by atoms with van der Waals surface area (Å²) in [6.45, 7) is 6.84. The number of aromatic nitrogens is 1. The van der Waals surface area contributed by atoms with E-state index >= 15 is 0 Å². The lowest BCUT2D eigenvalue weighted by Crippen LogP contribution is -2.39. The van der Waals surface area contributed by atoms with Crippen LogP contribution in [0, 0.1) is 13.8 Å². The second kappa shape index (κ2) is 10.9. The molecule has 0 bridgehead atoms. The van der Waals surface area contributed by atoms with Crippen LogP contribution >= 0.6 is 0 Å². The summed E-state index contributed by atoms with van der Waals surface area (Å²) in [4.78, 5) is 31.2. The molecule has 194 valence electrons. The van der Waals surface area contributed by atoms with E-state index in [1.165, 1.54) is 17.4 Å². The summed E-state index contributed by atoms with van der Waals surface area (Å²) in [5, 5.41) is 2.87. The fourth-order valence-electron chi connectivity index (χ4n) is 4.85. The van der Waals surface area contributed by atoms with E-state index in [2.05, 4.69) is 47.6 Å². The minimum absolute atomic E-state index is 0.0422. The minimum atomic E-state index is -0.305. The third-order valence-electron chi connectivity index (χ3n) is 6.83. The van der Waals surface area contributed by atoms with Crippen molar-refractivity contribution in [2.24, 2.45) is 0 Å². The van der Waals surface area contributed by atoms with E-state index in [9.17, 15) is 9.59 Å². The van der Waals surface area contributed by atoms with Crippen LogP contribution in [0.25, 0.3) is 0 Å². The van der Waals surface area contributed by atoms with Crippen LogP contribution in [-0.2, 0) is 24.4 Å². The van der Waals surface area contributed by atoms with E-state index in [-0.39, 0.29) is 30.2 Å². The van der Waals surface area contributed by atoms with Gasteiger partial charge in [0, 0.05) is 20.0 Å². The van der Waals surface area contributed by atoms with Crippen molar-refractivity contribution in [1.29, 1.82) is 0 Å². The van der Waals surface area contributed by atoms with Gasteiger partial charge in [-0.15, -0.1) is 0 Å². The number of amides is 2. The molecule has 2 amide bonds. The fraction of sp³-hybridized carbons (Fsp3) is 0.258. The van der Waals surface area contributed by atoms with Crippen LogP contribution in [0.5, 0.6) is 5.75 Å². The van der Waals surface area contributed by atoms with Gasteiger partial charge in [0.05, 0.1) is 6.04 Å². The van der Waals surface area contributed by atoms with Crippen LogP contribution in [0.4, 0.5) is 0 Å². The third kappa shape index (κ3) is 5.62. The standard InChI is InChI=1S/C31H31N3O4/c1-20-7-9-25(10-8-20)30-27-16-26(12-11-24(27)13-14-34(30)22(3)35)37-19-29-33-28(18-38-29)31(36)32-17-23-6-4-5-21(2)15-23/h4-12,15-16,18,30H,13-14,17,19H2,1-3H3,(H,32,36). The Balaban J connectivity index is 1.28. The highest BCUT2D eigenvalue weighted by molar-refractivity contribution is 5.91. The molecular weight excluding hydrogens is 478 g/mol. The van der Waals surface area contributed by atoms with Gasteiger partial charge < -0.3 is 19.4 Å². The lowest BCUT2D eigenvalue weighted by molar-refractivity contribution is -0.130. The molecule has 3 aromatic carbocycles. The van der Waals surface area contributed by atoms with Gasteiger partial charge in [-0.25, -0.2) is 4.98 Å². The Morgan fingerprint density at radius 2 is 1.87 bits per heavy atom. The van der Waals surface area contributed by atoms with E-state index in [1.54, 1.807) is 6.92 Å². The highest BCUT2D eigenvalue weighted by Crippen LogP contribution is 2.37. The van der Waals surface area contributed by atoms with Gasteiger partial charge in [0.15, 0.2) is 12.3 Å². The average molecular weight is 510 g/mol. The molecule has 0 radical (unpaired) electrons. The van der Waals surface area contributed by atoms with Crippen LogP contribution in [0.3, 0.4) is 0 Å². The smallest absolute Gasteiger partial charge is 0.273 e. The number of hydrogen-bond acceptors (Lipinski definition) is 5. The zero-order chi connectivity index (χ0) is 26.6. The summed E-state index contributed by atoms with van der Waals surface area (Å²) >= 11 is 0. The van der Waals surface area contributed by atoms with Crippen LogP contribution in [0.15, 0.2) is 77.4 Å². The molecule has 0 aliphatic carbocycles. The number of nitrogens with zero attached hydrogens (tertiary/aromatic N) is 2. The maximum Gasteiger partial charge on any atom is 0.273 e. The number of oxazole rings is 1. The number of ether oxygens (including phenoxy) is 1. The highest BCUT2D eigenvalue weighted by Gasteiger charge is 2.30. The fourth-order valence-corrected chi connectivity index (χ4v) is 4.85. The van der Waals surface area contributed by atoms with Gasteiger partial charge in [-0.2, -0.15) is 0 Å². The first-order valence-corrected chi connectivity index (χ1v) is 12.7. The molecule has 0 saturated carbocycles. The molecule has 1 unspecified atom stereocenters. The summed E-state index contributed by atoms with van der Waals surface area (Å²) in [5.41, 5.74) is 6.85. The number of fused-ring (bicyclic) bond motifs is 1. The molecule has 7 heteroatoms. The van der Waals surface area contributed by atoms with Crippen LogP contribution in [-0.4, -0.2) is 28.2 Å². The first kappa shape index (κ1) is 25.3. The van der Waals surface area contributed by atoms with E-state index in [1.807, 2.05) is 48.2 Å². The number of rotatable bonds is 7. The SMILES string of the molecule is CC(=O)N1CCc2ccc(OCc3nc(C(=O)NCc4cccc(C)c4)co3)cc2C1c1ccc(C)cc1. The molecule has 0 spiro atoms. The number of hydrogen-bond donors (Lipinski definition) is 1. The summed E-state index contributed by atoms with van der Waals surface area (Å²) in [6.07, 6.45) is 2.13. The molecular formula is C31H31N3O4. The predicted octanol–water partition coefficient (Wildman–Crippen LogP) is 5.29. The number of benzene rings is 3. The lowest BCUT2D eigenvalue weighted by atomic mass is 9.87. The molecule has 0 saturated heterocycles. The Morgan fingerprint density at radius 1 is 1.05 bits per heavy atom. The number of carbonyl (C=O) groups excluding carboxylic acids is 2. The zero-order valence-electron chi connectivity index (χ0n) is 21.9. The Labute approximate surface area is 222 Å². The van der Waals surface area contributed by atoms with Gasteiger partial charge in [0.25, 0.3) is 5.91 Å². The highest BCUT2D eigenvalue weighted by atomic mass is 16.5. The van der Waals surface area contributed by atoms with Crippen molar-refractivity contribution >= 4 is 11.8 Å². The average Bonchev–Trinajstić information content (AvgIpc) is 3.39. The first-order chi connectivity index (χ1) is 18.4. The Morgan fingerprint density at radius 3 is 2.63 bits per heavy atom. The molecule has 1 atom stereocenters. The molecule has 1 aromatic heterocycles. The van der Waals surface area contributed by atoms with E-state index in [0.29, 0.717) is 24.7 Å². The van der Waals surface area contributed by atoms with Crippen molar-refractivity contribution in [2.45, 2.75) is 46.4 Å². The van der Waals surface area contributed by atoms with Crippen LogP contribution in [0.2, 0.25) is 0 Å².